The molecule has 5 heteroatoms. The van der Waals surface area contributed by atoms with Crippen molar-refractivity contribution < 1.29 is 13.2 Å². The summed E-state index contributed by atoms with van der Waals surface area (Å²) in [5.74, 6) is 0.829. The van der Waals surface area contributed by atoms with Gasteiger partial charge in [-0.1, -0.05) is 24.3 Å². The van der Waals surface area contributed by atoms with Crippen LogP contribution in [0.1, 0.15) is 35.1 Å². The molecule has 1 aliphatic rings. The van der Waals surface area contributed by atoms with Crippen molar-refractivity contribution >= 4 is 10.0 Å². The van der Waals surface area contributed by atoms with E-state index in [9.17, 15) is 8.42 Å². The average molecular weight is 359 g/mol. The summed E-state index contributed by atoms with van der Waals surface area (Å²) in [7, 11) is -3.50. The van der Waals surface area contributed by atoms with E-state index < -0.39 is 10.0 Å². The van der Waals surface area contributed by atoms with Gasteiger partial charge >= 0.3 is 0 Å². The summed E-state index contributed by atoms with van der Waals surface area (Å²) >= 11 is 0. The Kier molecular flexibility index (Phi) is 5.45. The minimum atomic E-state index is -3.50. The molecule has 4 nitrogen and oxygen atoms in total. The smallest absolute Gasteiger partial charge is 0.240 e. The van der Waals surface area contributed by atoms with Crippen molar-refractivity contribution in [3.63, 3.8) is 0 Å². The molecule has 0 unspecified atom stereocenters. The molecule has 0 saturated heterocycles. The first-order chi connectivity index (χ1) is 12.0. The Morgan fingerprint density at radius 2 is 1.68 bits per heavy atom. The number of sulfonamides is 1. The Balaban J connectivity index is 1.61. The van der Waals surface area contributed by atoms with E-state index >= 15 is 0 Å². The van der Waals surface area contributed by atoms with Crippen LogP contribution in [0.3, 0.4) is 0 Å². The van der Waals surface area contributed by atoms with E-state index in [1.807, 2.05) is 44.2 Å². The van der Waals surface area contributed by atoms with Gasteiger partial charge in [-0.2, -0.15) is 0 Å². The zero-order valence-electron chi connectivity index (χ0n) is 14.8. The third kappa shape index (κ3) is 4.22. The molecule has 0 spiro atoms. The minimum absolute atomic E-state index is 0.243. The molecular weight excluding hydrogens is 334 g/mol. The Bertz CT molecular complexity index is 839. The number of aryl methyl sites for hydroxylation is 4. The zero-order chi connectivity index (χ0) is 17.9. The largest absolute Gasteiger partial charge is 0.492 e. The Morgan fingerprint density at radius 1 is 1.00 bits per heavy atom. The van der Waals surface area contributed by atoms with Crippen molar-refractivity contribution in [1.82, 2.24) is 4.72 Å². The van der Waals surface area contributed by atoms with Gasteiger partial charge in [-0.25, -0.2) is 13.1 Å². The number of para-hydroxylation sites is 1. The molecule has 1 N–H and O–H groups in total. The molecule has 0 amide bonds. The van der Waals surface area contributed by atoms with Crippen LogP contribution in [0.2, 0.25) is 0 Å². The molecule has 0 heterocycles. The molecule has 0 aromatic heterocycles. The predicted octanol–water partition coefficient (Wildman–Crippen LogP) is 3.54. The maximum atomic E-state index is 12.5. The summed E-state index contributed by atoms with van der Waals surface area (Å²) in [5.41, 5.74) is 4.56. The second-order valence-electron chi connectivity index (χ2n) is 6.60. The van der Waals surface area contributed by atoms with Gasteiger partial charge in [0.15, 0.2) is 0 Å². The van der Waals surface area contributed by atoms with E-state index in [4.69, 9.17) is 4.74 Å². The number of nitrogens with one attached hydrogen (secondary N) is 1. The van der Waals surface area contributed by atoms with Crippen LogP contribution in [-0.4, -0.2) is 21.6 Å². The highest BCUT2D eigenvalue weighted by Gasteiger charge is 2.17. The van der Waals surface area contributed by atoms with Gasteiger partial charge in [0.1, 0.15) is 12.4 Å². The lowest BCUT2D eigenvalue weighted by molar-refractivity contribution is 0.318. The molecule has 25 heavy (non-hydrogen) atoms. The quantitative estimate of drug-likeness (QED) is 0.803. The summed E-state index contributed by atoms with van der Waals surface area (Å²) in [4.78, 5) is 0.347. The topological polar surface area (TPSA) is 55.4 Å². The first kappa shape index (κ1) is 18.0. The first-order valence-corrected chi connectivity index (χ1v) is 10.3. The summed E-state index contributed by atoms with van der Waals surface area (Å²) in [6.45, 7) is 4.52. The van der Waals surface area contributed by atoms with E-state index in [1.165, 1.54) is 17.5 Å². The van der Waals surface area contributed by atoms with Gasteiger partial charge in [-0.3, -0.25) is 0 Å². The van der Waals surface area contributed by atoms with Crippen LogP contribution >= 0.6 is 0 Å². The second kappa shape index (κ2) is 7.58. The Hall–Kier alpha value is -1.85. The number of fused-ring (bicyclic) bond motifs is 1. The lowest BCUT2D eigenvalue weighted by Gasteiger charge is -2.17. The first-order valence-electron chi connectivity index (χ1n) is 8.78. The van der Waals surface area contributed by atoms with Crippen LogP contribution in [0, 0.1) is 13.8 Å². The van der Waals surface area contributed by atoms with Gasteiger partial charge in [0, 0.05) is 6.54 Å². The maximum absolute atomic E-state index is 12.5. The normalized spacial score (nSPS) is 14.2. The van der Waals surface area contributed by atoms with Gasteiger partial charge in [0.05, 0.1) is 4.90 Å². The molecule has 0 aliphatic heterocycles. The van der Waals surface area contributed by atoms with Crippen molar-refractivity contribution in [2.75, 3.05) is 13.2 Å². The highest BCUT2D eigenvalue weighted by molar-refractivity contribution is 7.89. The minimum Gasteiger partial charge on any atom is -0.492 e. The highest BCUT2D eigenvalue weighted by atomic mass is 32.2. The Morgan fingerprint density at radius 3 is 2.40 bits per heavy atom. The third-order valence-corrected chi connectivity index (χ3v) is 6.14. The molecule has 0 radical (unpaired) electrons. The molecular formula is C20H25NO3S. The van der Waals surface area contributed by atoms with E-state index in [2.05, 4.69) is 4.72 Å². The molecule has 0 atom stereocenters. The highest BCUT2D eigenvalue weighted by Crippen LogP contribution is 2.24. The van der Waals surface area contributed by atoms with Gasteiger partial charge < -0.3 is 4.74 Å². The van der Waals surface area contributed by atoms with E-state index in [0.29, 0.717) is 11.5 Å². The Labute approximate surface area is 150 Å². The number of hydrogen-bond acceptors (Lipinski definition) is 3. The molecule has 0 saturated carbocycles. The molecule has 1 aliphatic carbocycles. The second-order valence-corrected chi connectivity index (χ2v) is 8.37. The maximum Gasteiger partial charge on any atom is 0.240 e. The summed E-state index contributed by atoms with van der Waals surface area (Å²) in [5, 5.41) is 0. The summed E-state index contributed by atoms with van der Waals surface area (Å²) in [6.07, 6.45) is 4.33. The molecule has 3 rings (SSSR count). The molecule has 0 bridgehead atoms. The fourth-order valence-corrected chi connectivity index (χ4v) is 4.38. The zero-order valence-corrected chi connectivity index (χ0v) is 15.7. The fraction of sp³-hybridized carbons (Fsp3) is 0.400. The van der Waals surface area contributed by atoms with E-state index in [1.54, 1.807) is 6.07 Å². The van der Waals surface area contributed by atoms with Gasteiger partial charge in [0.2, 0.25) is 10.0 Å². The standard InChI is InChI=1S/C20H25NO3S/c1-15-6-5-7-16(2)20(15)24-13-12-21-25(22,23)19-11-10-17-8-3-4-9-18(17)14-19/h5-7,10-11,14,21H,3-4,8-9,12-13H2,1-2H3. The van der Waals surface area contributed by atoms with Gasteiger partial charge in [0.25, 0.3) is 0 Å². The van der Waals surface area contributed by atoms with Crippen molar-refractivity contribution in [2.45, 2.75) is 44.4 Å². The van der Waals surface area contributed by atoms with Crippen LogP contribution in [0.25, 0.3) is 0 Å². The van der Waals surface area contributed by atoms with Gasteiger partial charge in [-0.15, -0.1) is 0 Å². The third-order valence-electron chi connectivity index (χ3n) is 4.68. The van der Waals surface area contributed by atoms with E-state index in [-0.39, 0.29) is 6.54 Å². The lowest BCUT2D eigenvalue weighted by atomic mass is 9.92. The lowest BCUT2D eigenvalue weighted by Crippen LogP contribution is -2.28. The summed E-state index contributed by atoms with van der Waals surface area (Å²) in [6, 6.07) is 11.4. The van der Waals surface area contributed by atoms with Crippen molar-refractivity contribution in [2.24, 2.45) is 0 Å². The molecule has 2 aromatic rings. The fourth-order valence-electron chi connectivity index (χ4n) is 3.32. The van der Waals surface area contributed by atoms with E-state index in [0.717, 1.165) is 36.1 Å². The van der Waals surface area contributed by atoms with Gasteiger partial charge in [-0.05, 0) is 73.9 Å². The molecule has 2 aromatic carbocycles. The SMILES string of the molecule is Cc1cccc(C)c1OCCNS(=O)(=O)c1ccc2c(c1)CCCC2. The van der Waals surface area contributed by atoms with Crippen molar-refractivity contribution in [1.29, 1.82) is 0 Å². The predicted molar refractivity (Wildman–Crippen MR) is 99.7 cm³/mol. The van der Waals surface area contributed by atoms with Crippen LogP contribution in [-0.2, 0) is 22.9 Å². The number of hydrogen-bond donors (Lipinski definition) is 1. The summed E-state index contributed by atoms with van der Waals surface area (Å²) < 4.78 is 33.4. The molecule has 0 fully saturated rings. The number of ether oxygens (including phenoxy) is 1. The number of rotatable bonds is 6. The number of benzene rings is 2. The average Bonchev–Trinajstić information content (AvgIpc) is 2.60. The van der Waals surface area contributed by atoms with Crippen LogP contribution in [0.4, 0.5) is 0 Å². The monoisotopic (exact) mass is 359 g/mol. The van der Waals surface area contributed by atoms with Crippen LogP contribution < -0.4 is 9.46 Å². The van der Waals surface area contributed by atoms with Crippen molar-refractivity contribution in [3.8, 4) is 5.75 Å². The molecule has 134 valence electrons. The van der Waals surface area contributed by atoms with Crippen LogP contribution in [0.15, 0.2) is 41.3 Å². The van der Waals surface area contributed by atoms with Crippen molar-refractivity contribution in [3.05, 3.63) is 58.7 Å². The van der Waals surface area contributed by atoms with Crippen LogP contribution in [0.5, 0.6) is 5.75 Å².